The Labute approximate surface area is 140 Å². The van der Waals surface area contributed by atoms with Crippen molar-refractivity contribution in [2.45, 2.75) is 12.1 Å². The van der Waals surface area contributed by atoms with Crippen LogP contribution in [0.1, 0.15) is 5.56 Å². The van der Waals surface area contributed by atoms with Crippen molar-refractivity contribution in [1.29, 1.82) is 0 Å². The van der Waals surface area contributed by atoms with Crippen LogP contribution in [0.5, 0.6) is 5.75 Å². The molecule has 24 heavy (non-hydrogen) atoms. The summed E-state index contributed by atoms with van der Waals surface area (Å²) in [5, 5.41) is 8.44. The van der Waals surface area contributed by atoms with E-state index in [0.717, 1.165) is 12.1 Å². The third kappa shape index (κ3) is 4.93. The Bertz CT molecular complexity index is 820. The lowest BCUT2D eigenvalue weighted by molar-refractivity contribution is -0.0500. The third-order valence-corrected chi connectivity index (χ3v) is 3.91. The van der Waals surface area contributed by atoms with E-state index in [4.69, 9.17) is 11.6 Å². The van der Waals surface area contributed by atoms with Crippen LogP contribution in [0.15, 0.2) is 58.8 Å². The molecule has 2 aromatic rings. The van der Waals surface area contributed by atoms with Gasteiger partial charge in [-0.1, -0.05) is 23.7 Å². The van der Waals surface area contributed by atoms with E-state index in [-0.39, 0.29) is 6.54 Å². The van der Waals surface area contributed by atoms with Gasteiger partial charge in [-0.2, -0.15) is 31.8 Å². The minimum atomic E-state index is -5.67. The quantitative estimate of drug-likeness (QED) is 0.424. The van der Waals surface area contributed by atoms with Crippen molar-refractivity contribution in [2.75, 3.05) is 0 Å². The van der Waals surface area contributed by atoms with Gasteiger partial charge in [0.15, 0.2) is 0 Å². The average Bonchev–Trinajstić information content (AvgIpc) is 2.49. The summed E-state index contributed by atoms with van der Waals surface area (Å²) in [5.41, 5.74) is -4.27. The van der Waals surface area contributed by atoms with Crippen LogP contribution in [-0.2, 0) is 16.7 Å². The van der Waals surface area contributed by atoms with Crippen LogP contribution in [0.4, 0.5) is 18.9 Å². The number of benzene rings is 2. The van der Waals surface area contributed by atoms with Gasteiger partial charge in [-0.05, 0) is 42.0 Å². The fourth-order valence-electron chi connectivity index (χ4n) is 1.53. The molecule has 0 heterocycles. The second-order valence-corrected chi connectivity index (χ2v) is 6.48. The predicted octanol–water partition coefficient (Wildman–Crippen LogP) is 4.85. The van der Waals surface area contributed by atoms with E-state index in [2.05, 4.69) is 14.4 Å². The first kappa shape index (κ1) is 18.2. The molecule has 0 bridgehead atoms. The maximum absolute atomic E-state index is 12.2. The fourth-order valence-corrected chi connectivity index (χ4v) is 2.12. The van der Waals surface area contributed by atoms with Crippen molar-refractivity contribution in [3.63, 3.8) is 0 Å². The van der Waals surface area contributed by atoms with Gasteiger partial charge in [0.05, 0.1) is 12.2 Å². The predicted molar refractivity (Wildman–Crippen MR) is 81.7 cm³/mol. The summed E-state index contributed by atoms with van der Waals surface area (Å²) in [4.78, 5) is 0. The number of rotatable bonds is 5. The number of nitrogens with zero attached hydrogens (tertiary/aromatic N) is 2. The summed E-state index contributed by atoms with van der Waals surface area (Å²) in [6.07, 6.45) is 0. The van der Waals surface area contributed by atoms with E-state index in [1.807, 2.05) is 0 Å². The molecule has 0 aliphatic rings. The van der Waals surface area contributed by atoms with Gasteiger partial charge in [-0.3, -0.25) is 0 Å². The molecule has 0 atom stereocenters. The summed E-state index contributed by atoms with van der Waals surface area (Å²) in [5.74, 6) is -0.439. The molecular weight excluding hydrogens is 369 g/mol. The lowest BCUT2D eigenvalue weighted by Crippen LogP contribution is -2.28. The monoisotopic (exact) mass is 378 g/mol. The molecule has 5 nitrogen and oxygen atoms in total. The van der Waals surface area contributed by atoms with Gasteiger partial charge in [-0.25, -0.2) is 0 Å². The number of alkyl halides is 3. The Hall–Kier alpha value is -2.13. The highest BCUT2D eigenvalue weighted by Gasteiger charge is 2.48. The average molecular weight is 379 g/mol. The van der Waals surface area contributed by atoms with Crippen molar-refractivity contribution in [3.8, 4) is 5.75 Å². The van der Waals surface area contributed by atoms with Crippen LogP contribution in [-0.4, -0.2) is 13.9 Å². The first-order chi connectivity index (χ1) is 11.2. The molecule has 128 valence electrons. The normalized spacial score (nSPS) is 12.5. The molecule has 0 amide bonds. The van der Waals surface area contributed by atoms with Gasteiger partial charge in [0.2, 0.25) is 0 Å². The zero-order valence-corrected chi connectivity index (χ0v) is 13.4. The number of hydrogen-bond donors (Lipinski definition) is 0. The summed E-state index contributed by atoms with van der Waals surface area (Å²) in [7, 11) is -5.67. The lowest BCUT2D eigenvalue weighted by Gasteiger charge is -2.09. The second-order valence-electron chi connectivity index (χ2n) is 4.50. The first-order valence-electron chi connectivity index (χ1n) is 6.40. The molecular formula is C14H10ClF3N2O3S. The van der Waals surface area contributed by atoms with Gasteiger partial charge < -0.3 is 4.18 Å². The highest BCUT2D eigenvalue weighted by Crippen LogP contribution is 2.27. The minimum absolute atomic E-state index is 0.162. The minimum Gasteiger partial charge on any atom is -0.376 e. The smallest absolute Gasteiger partial charge is 0.376 e. The summed E-state index contributed by atoms with van der Waals surface area (Å²) in [6, 6.07) is 11.7. The van der Waals surface area contributed by atoms with Crippen molar-refractivity contribution >= 4 is 27.4 Å². The van der Waals surface area contributed by atoms with Crippen LogP contribution >= 0.6 is 11.6 Å². The van der Waals surface area contributed by atoms with E-state index in [1.165, 1.54) is 12.1 Å². The van der Waals surface area contributed by atoms with Gasteiger partial charge >= 0.3 is 15.6 Å². The molecule has 0 aliphatic heterocycles. The number of halogens is 4. The SMILES string of the molecule is O=S(=O)(Oc1ccc(CN=Nc2ccc(Cl)cc2)cc1)C(F)(F)F. The Morgan fingerprint density at radius 3 is 2.12 bits per heavy atom. The lowest BCUT2D eigenvalue weighted by atomic mass is 10.2. The van der Waals surface area contributed by atoms with E-state index in [9.17, 15) is 21.6 Å². The van der Waals surface area contributed by atoms with Crippen molar-refractivity contribution < 1.29 is 25.8 Å². The van der Waals surface area contributed by atoms with Crippen LogP contribution in [0.25, 0.3) is 0 Å². The largest absolute Gasteiger partial charge is 0.534 e. The second kappa shape index (κ2) is 7.18. The van der Waals surface area contributed by atoms with Crippen LogP contribution < -0.4 is 4.18 Å². The molecule has 0 aliphatic carbocycles. The molecule has 0 saturated carbocycles. The Morgan fingerprint density at radius 2 is 1.58 bits per heavy atom. The van der Waals surface area contributed by atoms with Gasteiger partial charge in [0.1, 0.15) is 5.75 Å². The standard InChI is InChI=1S/C14H10ClF3N2O3S/c15-11-3-5-12(6-4-11)20-19-9-10-1-7-13(8-2-10)23-24(21,22)14(16,17)18/h1-8H,9H2. The molecule has 0 unspecified atom stereocenters. The Kier molecular flexibility index (Phi) is 5.45. The van der Waals surface area contributed by atoms with Gasteiger partial charge in [-0.15, -0.1) is 0 Å². The van der Waals surface area contributed by atoms with Gasteiger partial charge in [0, 0.05) is 5.02 Å². The van der Waals surface area contributed by atoms with E-state index < -0.39 is 21.4 Å². The van der Waals surface area contributed by atoms with E-state index in [0.29, 0.717) is 16.3 Å². The van der Waals surface area contributed by atoms with Crippen molar-refractivity contribution in [1.82, 2.24) is 0 Å². The molecule has 0 N–H and O–H groups in total. The maximum atomic E-state index is 12.2. The van der Waals surface area contributed by atoms with Crippen LogP contribution in [0.2, 0.25) is 5.02 Å². The highest BCUT2D eigenvalue weighted by molar-refractivity contribution is 7.88. The molecule has 0 saturated heterocycles. The van der Waals surface area contributed by atoms with Crippen LogP contribution in [0, 0.1) is 0 Å². The molecule has 0 spiro atoms. The number of hydrogen-bond acceptors (Lipinski definition) is 5. The van der Waals surface area contributed by atoms with E-state index >= 15 is 0 Å². The number of azo groups is 1. The third-order valence-electron chi connectivity index (χ3n) is 2.68. The summed E-state index contributed by atoms with van der Waals surface area (Å²) < 4.78 is 62.3. The Morgan fingerprint density at radius 1 is 1.00 bits per heavy atom. The zero-order chi connectivity index (χ0) is 17.8. The first-order valence-corrected chi connectivity index (χ1v) is 8.19. The Balaban J connectivity index is 1.98. The molecule has 0 fully saturated rings. The molecule has 2 aromatic carbocycles. The molecule has 10 heteroatoms. The molecule has 0 aromatic heterocycles. The van der Waals surface area contributed by atoms with Crippen molar-refractivity contribution in [2.24, 2.45) is 10.2 Å². The van der Waals surface area contributed by atoms with E-state index in [1.54, 1.807) is 24.3 Å². The zero-order valence-electron chi connectivity index (χ0n) is 11.9. The molecule has 0 radical (unpaired) electrons. The highest BCUT2D eigenvalue weighted by atomic mass is 35.5. The topological polar surface area (TPSA) is 68.1 Å². The van der Waals surface area contributed by atoms with Crippen molar-refractivity contribution in [3.05, 3.63) is 59.1 Å². The summed E-state index contributed by atoms with van der Waals surface area (Å²) >= 11 is 5.73. The molecule has 2 rings (SSSR count). The van der Waals surface area contributed by atoms with Crippen LogP contribution in [0.3, 0.4) is 0 Å². The van der Waals surface area contributed by atoms with Gasteiger partial charge in [0.25, 0.3) is 0 Å². The summed E-state index contributed by atoms with van der Waals surface area (Å²) in [6.45, 7) is 0.162. The maximum Gasteiger partial charge on any atom is 0.534 e. The fraction of sp³-hybridized carbons (Fsp3) is 0.143.